The normalized spacial score (nSPS) is 21.7. The average Bonchev–Trinajstić information content (AvgIpc) is 3.68. The molecule has 1 saturated carbocycles. The molecule has 5 rings (SSSR count). The molecular formula is C37H46N6O9S. The molecule has 0 bridgehead atoms. The summed E-state index contributed by atoms with van der Waals surface area (Å²) < 4.78 is 44.9. The predicted molar refractivity (Wildman–Crippen MR) is 197 cm³/mol. The van der Waals surface area contributed by atoms with Gasteiger partial charge in [0.05, 0.1) is 32.0 Å². The van der Waals surface area contributed by atoms with E-state index in [0.717, 1.165) is 9.87 Å². The van der Waals surface area contributed by atoms with Crippen molar-refractivity contribution < 1.29 is 41.8 Å². The van der Waals surface area contributed by atoms with Crippen molar-refractivity contribution in [3.8, 4) is 22.8 Å². The van der Waals surface area contributed by atoms with Crippen molar-refractivity contribution in [1.82, 2.24) is 29.5 Å². The number of hydrogen-bond donors (Lipinski definition) is 3. The summed E-state index contributed by atoms with van der Waals surface area (Å²) in [7, 11) is 1.08. The highest BCUT2D eigenvalue weighted by molar-refractivity contribution is 7.87. The molecule has 1 aliphatic heterocycles. The molecule has 4 amide bonds. The molecule has 5 atom stereocenters. The minimum Gasteiger partial charge on any atom is -0.497 e. The van der Waals surface area contributed by atoms with Crippen molar-refractivity contribution in [2.75, 3.05) is 34.9 Å². The number of likely N-dealkylation sites (tertiary alicyclic amines) is 1. The third-order valence-electron chi connectivity index (χ3n) is 9.50. The van der Waals surface area contributed by atoms with Crippen LogP contribution < -0.4 is 24.8 Å². The molecular weight excluding hydrogens is 705 g/mol. The number of fused-ring (bicyclic) bond motifs is 1. The molecule has 53 heavy (non-hydrogen) atoms. The van der Waals surface area contributed by atoms with Crippen LogP contribution in [-0.4, -0.2) is 105 Å². The third-order valence-corrected chi connectivity index (χ3v) is 10.9. The molecule has 2 aromatic carbocycles. The Labute approximate surface area is 309 Å². The van der Waals surface area contributed by atoms with Crippen LogP contribution in [0.25, 0.3) is 22.2 Å². The number of carbonyl (C=O) groups excluding carboxylic acids is 4. The van der Waals surface area contributed by atoms with Crippen LogP contribution in [0, 0.1) is 11.3 Å². The van der Waals surface area contributed by atoms with Crippen LogP contribution in [0.4, 0.5) is 4.79 Å². The van der Waals surface area contributed by atoms with E-state index in [1.54, 1.807) is 46.1 Å². The van der Waals surface area contributed by atoms with Gasteiger partial charge in [-0.05, 0) is 24.0 Å². The number of pyridine rings is 1. The van der Waals surface area contributed by atoms with Crippen LogP contribution in [0.3, 0.4) is 0 Å². The van der Waals surface area contributed by atoms with Crippen molar-refractivity contribution in [1.29, 1.82) is 0 Å². The number of hydrogen-bond acceptors (Lipinski definition) is 10. The molecule has 16 heteroatoms. The van der Waals surface area contributed by atoms with E-state index in [0.29, 0.717) is 28.1 Å². The van der Waals surface area contributed by atoms with Gasteiger partial charge in [-0.25, -0.2) is 14.5 Å². The fourth-order valence-corrected chi connectivity index (χ4v) is 6.94. The van der Waals surface area contributed by atoms with E-state index in [-0.39, 0.29) is 19.4 Å². The van der Waals surface area contributed by atoms with Gasteiger partial charge in [-0.1, -0.05) is 57.2 Å². The summed E-state index contributed by atoms with van der Waals surface area (Å²) in [5.41, 5.74) is -0.371. The Kier molecular flexibility index (Phi) is 11.1. The molecule has 2 fully saturated rings. The van der Waals surface area contributed by atoms with Crippen molar-refractivity contribution in [3.05, 3.63) is 67.3 Å². The lowest BCUT2D eigenvalue weighted by molar-refractivity contribution is -0.142. The van der Waals surface area contributed by atoms with E-state index in [1.807, 2.05) is 41.1 Å². The molecule has 3 aromatic rings. The summed E-state index contributed by atoms with van der Waals surface area (Å²) in [5, 5.41) is 6.03. The number of aromatic nitrogens is 1. The van der Waals surface area contributed by atoms with E-state index in [2.05, 4.69) is 17.2 Å². The summed E-state index contributed by atoms with van der Waals surface area (Å²) in [4.78, 5) is 60.7. The molecule has 284 valence electrons. The fourth-order valence-electron chi connectivity index (χ4n) is 6.34. The van der Waals surface area contributed by atoms with Crippen LogP contribution in [0.15, 0.2) is 67.3 Å². The van der Waals surface area contributed by atoms with E-state index in [4.69, 9.17) is 19.2 Å². The standard InChI is InChI=1S/C37H46N6O9S/c1-9-23-20-37(23,34(46)41-53(48,49)42(5)6)40-32(44)29-18-25(21-43(29)33(45)31(36(2,3)4)39-35(47)51-8)52-30-19-27(22-13-11-10-12-14-22)38-28-17-24(50-7)15-16-26(28)30/h9-17,19,23,25,29,31H,1,18,20-21H2,2-8H3,(H,39,47)(H,40,44)(H,41,46)/t23?,25-,29+,31-,37-/m1/s1. The highest BCUT2D eigenvalue weighted by Gasteiger charge is 2.61. The summed E-state index contributed by atoms with van der Waals surface area (Å²) >= 11 is 0. The highest BCUT2D eigenvalue weighted by atomic mass is 32.2. The van der Waals surface area contributed by atoms with Crippen molar-refractivity contribution in [2.45, 2.75) is 57.3 Å². The van der Waals surface area contributed by atoms with Gasteiger partial charge in [0.2, 0.25) is 11.8 Å². The second kappa shape index (κ2) is 15.0. The van der Waals surface area contributed by atoms with Gasteiger partial charge in [-0.2, -0.15) is 12.7 Å². The van der Waals surface area contributed by atoms with Gasteiger partial charge < -0.3 is 29.7 Å². The second-order valence-electron chi connectivity index (χ2n) is 14.4. The van der Waals surface area contributed by atoms with Crippen LogP contribution in [0.1, 0.15) is 33.6 Å². The first kappa shape index (κ1) is 39.0. The zero-order valence-corrected chi connectivity index (χ0v) is 31.7. The Hall–Kier alpha value is -5.22. The van der Waals surface area contributed by atoms with Gasteiger partial charge in [0.15, 0.2) is 0 Å². The number of carbonyl (C=O) groups is 4. The fraction of sp³-hybridized carbons (Fsp3) is 0.432. The number of alkyl carbamates (subject to hydrolysis) is 1. The summed E-state index contributed by atoms with van der Waals surface area (Å²) in [6.45, 7) is 8.97. The molecule has 0 radical (unpaired) electrons. The maximum Gasteiger partial charge on any atom is 0.407 e. The van der Waals surface area contributed by atoms with Crippen molar-refractivity contribution in [2.24, 2.45) is 11.3 Å². The predicted octanol–water partition coefficient (Wildman–Crippen LogP) is 3.01. The minimum atomic E-state index is -4.18. The van der Waals surface area contributed by atoms with Gasteiger partial charge in [0.1, 0.15) is 35.2 Å². The lowest BCUT2D eigenvalue weighted by Gasteiger charge is -2.35. The Morgan fingerprint density at radius 1 is 1.08 bits per heavy atom. The maximum absolute atomic E-state index is 14.4. The lowest BCUT2D eigenvalue weighted by Crippen LogP contribution is -2.60. The Morgan fingerprint density at radius 3 is 2.36 bits per heavy atom. The van der Waals surface area contributed by atoms with E-state index in [1.165, 1.54) is 32.2 Å². The number of methoxy groups -OCH3 is 2. The van der Waals surface area contributed by atoms with Gasteiger partial charge >= 0.3 is 16.3 Å². The number of nitrogens with zero attached hydrogens (tertiary/aromatic N) is 3. The summed E-state index contributed by atoms with van der Waals surface area (Å²) in [6, 6.07) is 14.4. The molecule has 2 heterocycles. The largest absolute Gasteiger partial charge is 0.497 e. The quantitative estimate of drug-likeness (QED) is 0.233. The molecule has 1 unspecified atom stereocenters. The van der Waals surface area contributed by atoms with Crippen molar-refractivity contribution in [3.63, 3.8) is 0 Å². The molecule has 1 aliphatic carbocycles. The van der Waals surface area contributed by atoms with Gasteiger partial charge in [-0.15, -0.1) is 6.58 Å². The Balaban J connectivity index is 1.52. The number of ether oxygens (including phenoxy) is 3. The lowest BCUT2D eigenvalue weighted by atomic mass is 9.85. The van der Waals surface area contributed by atoms with Crippen molar-refractivity contribution >= 4 is 44.9 Å². The van der Waals surface area contributed by atoms with Crippen LogP contribution in [0.5, 0.6) is 11.5 Å². The number of amides is 4. The second-order valence-corrected chi connectivity index (χ2v) is 16.3. The van der Waals surface area contributed by atoms with Gasteiger partial charge in [0, 0.05) is 49.5 Å². The number of rotatable bonds is 12. The first-order valence-electron chi connectivity index (χ1n) is 17.0. The topological polar surface area (TPSA) is 186 Å². The molecule has 1 aromatic heterocycles. The zero-order valence-electron chi connectivity index (χ0n) is 30.8. The number of nitrogens with one attached hydrogen (secondary N) is 3. The van der Waals surface area contributed by atoms with E-state index >= 15 is 0 Å². The molecule has 1 saturated heterocycles. The van der Waals surface area contributed by atoms with E-state index < -0.39 is 69.1 Å². The zero-order chi connectivity index (χ0) is 38.9. The Bertz CT molecular complexity index is 2020. The maximum atomic E-state index is 14.4. The third kappa shape index (κ3) is 8.23. The van der Waals surface area contributed by atoms with Crippen LogP contribution in [-0.2, 0) is 29.3 Å². The Morgan fingerprint density at radius 2 is 1.77 bits per heavy atom. The van der Waals surface area contributed by atoms with Gasteiger partial charge in [0.25, 0.3) is 5.91 Å². The van der Waals surface area contributed by atoms with Gasteiger partial charge in [-0.3, -0.25) is 14.4 Å². The van der Waals surface area contributed by atoms with E-state index in [9.17, 15) is 27.6 Å². The molecule has 0 spiro atoms. The molecule has 15 nitrogen and oxygen atoms in total. The number of benzene rings is 2. The molecule has 2 aliphatic rings. The van der Waals surface area contributed by atoms with Crippen LogP contribution >= 0.6 is 0 Å². The monoisotopic (exact) mass is 750 g/mol. The average molecular weight is 751 g/mol. The smallest absolute Gasteiger partial charge is 0.407 e. The highest BCUT2D eigenvalue weighted by Crippen LogP contribution is 2.45. The first-order valence-corrected chi connectivity index (χ1v) is 18.4. The summed E-state index contributed by atoms with van der Waals surface area (Å²) in [6.07, 6.45) is -0.00303. The van der Waals surface area contributed by atoms with Crippen LogP contribution in [0.2, 0.25) is 0 Å². The molecule has 3 N–H and O–H groups in total. The summed E-state index contributed by atoms with van der Waals surface area (Å²) in [5.74, 6) is -1.73. The SMILES string of the molecule is C=CC1C[C@]1(NC(=O)[C@@H]1C[C@@H](Oc2cc(-c3ccccc3)nc3cc(OC)ccc23)CN1C(=O)[C@@H](NC(=O)OC)C(C)(C)C)C(=O)NS(=O)(=O)N(C)C. The first-order chi connectivity index (χ1) is 24.9. The minimum absolute atomic E-state index is 0.000245.